The Bertz CT molecular complexity index is 1530. The monoisotopic (exact) mass is 663 g/mol. The van der Waals surface area contributed by atoms with E-state index in [1.165, 1.54) is 24.3 Å². The number of alkyl halides is 6. The first-order valence-corrected chi connectivity index (χ1v) is 13.1. The van der Waals surface area contributed by atoms with Crippen LogP contribution in [0.2, 0.25) is 0 Å². The summed E-state index contributed by atoms with van der Waals surface area (Å²) in [4.78, 5) is 39.5. The van der Waals surface area contributed by atoms with E-state index in [9.17, 15) is 35.5 Å². The van der Waals surface area contributed by atoms with Crippen molar-refractivity contribution in [2.75, 3.05) is 10.6 Å². The Labute approximate surface area is 255 Å². The van der Waals surface area contributed by atoms with Crippen LogP contribution in [-0.2, 0) is 9.59 Å². The van der Waals surface area contributed by atoms with E-state index in [2.05, 4.69) is 25.9 Å². The number of rotatable bonds is 5. The van der Waals surface area contributed by atoms with Crippen LogP contribution < -0.4 is 21.7 Å². The summed E-state index contributed by atoms with van der Waals surface area (Å²) in [5.74, 6) is -5.64. The van der Waals surface area contributed by atoms with Crippen LogP contribution in [0.1, 0.15) is 41.6 Å². The van der Waals surface area contributed by atoms with Crippen LogP contribution in [-0.4, -0.2) is 68.4 Å². The van der Waals surface area contributed by atoms with E-state index >= 15 is 0 Å². The fourth-order valence-corrected chi connectivity index (χ4v) is 4.03. The highest BCUT2D eigenvalue weighted by Gasteiger charge is 2.39. The minimum absolute atomic E-state index is 0.00771. The number of nitrogens with zero attached hydrogens (tertiary/aromatic N) is 2. The summed E-state index contributed by atoms with van der Waals surface area (Å²) < 4.78 is 76.7. The van der Waals surface area contributed by atoms with Gasteiger partial charge in [-0.1, -0.05) is 24.5 Å². The highest BCUT2D eigenvalue weighted by atomic mass is 19.4. The van der Waals surface area contributed by atoms with Crippen molar-refractivity contribution >= 4 is 46.5 Å². The zero-order chi connectivity index (χ0) is 34.8. The molecule has 250 valence electrons. The molecule has 0 aliphatic heterocycles. The first-order chi connectivity index (χ1) is 21.3. The molecule has 2 aromatic carbocycles. The third-order valence-electron chi connectivity index (χ3n) is 6.10. The van der Waals surface area contributed by atoms with E-state index in [1.807, 2.05) is 25.1 Å². The van der Waals surface area contributed by atoms with E-state index in [0.29, 0.717) is 16.9 Å². The van der Waals surface area contributed by atoms with Gasteiger partial charge in [0.15, 0.2) is 5.96 Å². The predicted octanol–water partition coefficient (Wildman–Crippen LogP) is 4.80. The maximum absolute atomic E-state index is 13.2. The highest BCUT2D eigenvalue weighted by Crippen LogP contribution is 2.28. The van der Waals surface area contributed by atoms with Crippen molar-refractivity contribution in [2.24, 2.45) is 5.73 Å². The van der Waals surface area contributed by atoms with E-state index in [4.69, 9.17) is 30.9 Å². The Morgan fingerprint density at radius 2 is 1.41 bits per heavy atom. The minimum atomic E-state index is -5.08. The topological polar surface area (TPSA) is 203 Å². The number of halogens is 7. The molecular formula is C27H28F7N7O5. The van der Waals surface area contributed by atoms with Gasteiger partial charge < -0.3 is 26.6 Å². The molecule has 46 heavy (non-hydrogen) atoms. The number of aromatic nitrogens is 2. The number of benzene rings is 2. The van der Waals surface area contributed by atoms with Crippen molar-refractivity contribution in [1.82, 2.24) is 15.3 Å². The third-order valence-corrected chi connectivity index (χ3v) is 6.10. The first-order valence-electron chi connectivity index (χ1n) is 13.1. The summed E-state index contributed by atoms with van der Waals surface area (Å²) in [5.41, 5.74) is 7.65. The molecule has 1 aromatic heterocycles. The smallest absolute Gasteiger partial charge is 0.475 e. The van der Waals surface area contributed by atoms with Gasteiger partial charge in [-0.15, -0.1) is 0 Å². The molecule has 1 heterocycles. The number of aliphatic carboxylic acids is 2. The molecule has 1 aliphatic carbocycles. The van der Waals surface area contributed by atoms with Crippen molar-refractivity contribution in [3.05, 3.63) is 59.4 Å². The number of nitrogens with two attached hydrogens (primary N) is 1. The molecule has 2 unspecified atom stereocenters. The van der Waals surface area contributed by atoms with Crippen LogP contribution in [0.25, 0.3) is 10.9 Å². The van der Waals surface area contributed by atoms with Gasteiger partial charge in [-0.2, -0.15) is 31.3 Å². The highest BCUT2D eigenvalue weighted by molar-refractivity contribution is 6.04. The minimum Gasteiger partial charge on any atom is -0.475 e. The number of fused-ring (bicyclic) bond motifs is 1. The Morgan fingerprint density at radius 3 is 1.91 bits per heavy atom. The summed E-state index contributed by atoms with van der Waals surface area (Å²) in [7, 11) is 0. The number of hydrogen-bond acceptors (Lipinski definition) is 7. The second-order valence-corrected chi connectivity index (χ2v) is 9.68. The Morgan fingerprint density at radius 1 is 0.891 bits per heavy atom. The molecule has 0 bridgehead atoms. The van der Waals surface area contributed by atoms with Gasteiger partial charge in [0.1, 0.15) is 11.6 Å². The zero-order valence-electron chi connectivity index (χ0n) is 23.8. The van der Waals surface area contributed by atoms with Crippen LogP contribution in [0.3, 0.4) is 0 Å². The lowest BCUT2D eigenvalue weighted by atomic mass is 9.90. The van der Waals surface area contributed by atoms with Crippen molar-refractivity contribution < 1.29 is 55.3 Å². The Kier molecular flexibility index (Phi) is 12.6. The van der Waals surface area contributed by atoms with Crippen molar-refractivity contribution in [3.8, 4) is 0 Å². The number of amides is 1. The lowest BCUT2D eigenvalue weighted by Gasteiger charge is -2.33. The fourth-order valence-electron chi connectivity index (χ4n) is 4.03. The molecule has 0 radical (unpaired) electrons. The quantitative estimate of drug-likeness (QED) is 0.113. The molecule has 1 aliphatic rings. The van der Waals surface area contributed by atoms with Crippen molar-refractivity contribution in [1.29, 1.82) is 5.41 Å². The van der Waals surface area contributed by atoms with Gasteiger partial charge in [0.2, 0.25) is 5.95 Å². The standard InChI is InChI=1S/C23H26FN7O.2C2HF3O2/c1-13-6-11-17-16(12-13)20(27-18-4-2-3-5-19(18)28-22(25)26)30-23(29-17)31-21(32)14-7-9-15(24)10-8-14;2*3-2(4,5)1(6)7/h6-12,18-19H,2-5H2,1H3,(H4,25,26,28)(H2,27,29,30,31,32);2*(H,6,7). The fraction of sp³-hybridized carbons (Fsp3) is 0.333. The van der Waals surface area contributed by atoms with E-state index in [0.717, 1.165) is 36.6 Å². The molecule has 19 heteroatoms. The van der Waals surface area contributed by atoms with Crippen LogP contribution in [0.4, 0.5) is 42.5 Å². The molecule has 3 aromatic rings. The maximum atomic E-state index is 13.2. The largest absolute Gasteiger partial charge is 0.490 e. The molecule has 2 atom stereocenters. The Balaban J connectivity index is 0.000000440. The van der Waals surface area contributed by atoms with Gasteiger partial charge in [0, 0.05) is 23.0 Å². The van der Waals surface area contributed by atoms with Crippen LogP contribution in [0.5, 0.6) is 0 Å². The van der Waals surface area contributed by atoms with E-state index in [1.54, 1.807) is 0 Å². The van der Waals surface area contributed by atoms with Gasteiger partial charge in [-0.25, -0.2) is 19.0 Å². The van der Waals surface area contributed by atoms with Crippen LogP contribution >= 0.6 is 0 Å². The number of anilines is 2. The molecule has 0 saturated heterocycles. The lowest BCUT2D eigenvalue weighted by molar-refractivity contribution is -0.193. The summed E-state index contributed by atoms with van der Waals surface area (Å²) in [6.45, 7) is 1.99. The van der Waals surface area contributed by atoms with E-state index in [-0.39, 0.29) is 24.0 Å². The van der Waals surface area contributed by atoms with Gasteiger partial charge >= 0.3 is 24.3 Å². The number of aryl methyl sites for hydroxylation is 1. The maximum Gasteiger partial charge on any atom is 0.490 e. The zero-order valence-corrected chi connectivity index (χ0v) is 23.8. The second-order valence-electron chi connectivity index (χ2n) is 9.68. The summed E-state index contributed by atoms with van der Waals surface area (Å²) in [5, 5.41) is 32.0. The Hall–Kier alpha value is -5.23. The summed E-state index contributed by atoms with van der Waals surface area (Å²) in [6.07, 6.45) is -6.25. The van der Waals surface area contributed by atoms with Gasteiger partial charge in [0.05, 0.1) is 5.52 Å². The third kappa shape index (κ3) is 11.7. The molecule has 1 amide bonds. The number of carboxylic acid groups (broad SMARTS) is 2. The van der Waals surface area contributed by atoms with Gasteiger partial charge in [-0.3, -0.25) is 15.5 Å². The lowest BCUT2D eigenvalue weighted by Crippen LogP contribution is -2.50. The number of guanidine groups is 1. The summed E-state index contributed by atoms with van der Waals surface area (Å²) in [6, 6.07) is 11.2. The summed E-state index contributed by atoms with van der Waals surface area (Å²) >= 11 is 0. The average Bonchev–Trinajstić information content (AvgIpc) is 2.94. The molecule has 12 nitrogen and oxygen atoms in total. The number of carbonyl (C=O) groups excluding carboxylic acids is 1. The molecule has 8 N–H and O–H groups in total. The second kappa shape index (κ2) is 15.7. The first kappa shape index (κ1) is 37.0. The van der Waals surface area contributed by atoms with Crippen LogP contribution in [0, 0.1) is 18.2 Å². The number of hydrogen-bond donors (Lipinski definition) is 7. The number of carbonyl (C=O) groups is 3. The van der Waals surface area contributed by atoms with Crippen molar-refractivity contribution in [3.63, 3.8) is 0 Å². The average molecular weight is 664 g/mol. The number of nitrogens with one attached hydrogen (secondary N) is 4. The number of carboxylic acids is 2. The van der Waals surface area contributed by atoms with Crippen molar-refractivity contribution in [2.45, 2.75) is 57.0 Å². The normalized spacial score (nSPS) is 16.1. The van der Waals surface area contributed by atoms with Gasteiger partial charge in [-0.05, 0) is 56.2 Å². The van der Waals surface area contributed by atoms with Gasteiger partial charge in [0.25, 0.3) is 5.91 Å². The molecule has 1 fully saturated rings. The molecule has 1 saturated carbocycles. The predicted molar refractivity (Wildman–Crippen MR) is 151 cm³/mol. The molecule has 4 rings (SSSR count). The molecule has 0 spiro atoms. The van der Waals surface area contributed by atoms with E-state index < -0.39 is 36.0 Å². The SMILES string of the molecule is Cc1ccc2nc(NC(=O)c3ccc(F)cc3)nc(NC3CCCCC3NC(=N)N)c2c1.O=C(O)C(F)(F)F.O=C(O)C(F)(F)F. The molecular weight excluding hydrogens is 635 g/mol. The van der Waals surface area contributed by atoms with Crippen LogP contribution in [0.15, 0.2) is 42.5 Å².